The number of rotatable bonds is 5. The standard InChI is InChI=1S/C26H26F4N2OSi/c1-26(2,3)25(33-34(4)5)23-19(28)10-8-17(24(23)30)16-7-11-22-31-21(14-32(22)13-16)15-6-9-18(27)20(29)12-15/h6-14,25,34H,1-5H3. The van der Waals surface area contributed by atoms with Crippen molar-refractivity contribution in [2.45, 2.75) is 40.0 Å². The van der Waals surface area contributed by atoms with Gasteiger partial charge in [0.15, 0.2) is 20.7 Å². The summed E-state index contributed by atoms with van der Waals surface area (Å²) in [6, 6.07) is 9.63. The molecule has 0 aliphatic carbocycles. The first-order chi connectivity index (χ1) is 16.0. The van der Waals surface area contributed by atoms with Gasteiger partial charge < -0.3 is 8.83 Å². The number of imidazole rings is 1. The Balaban J connectivity index is 1.80. The van der Waals surface area contributed by atoms with E-state index in [1.807, 2.05) is 33.9 Å². The van der Waals surface area contributed by atoms with E-state index in [9.17, 15) is 13.2 Å². The molecule has 2 aromatic carbocycles. The molecule has 178 valence electrons. The van der Waals surface area contributed by atoms with Gasteiger partial charge in [-0.3, -0.25) is 0 Å². The SMILES string of the molecule is C[SiH](C)OC(c1c(F)ccc(-c2ccc3nc(-c4ccc(F)c(F)c4)cn3c2)c1F)C(C)(C)C. The zero-order valence-electron chi connectivity index (χ0n) is 19.7. The molecule has 4 rings (SSSR count). The smallest absolute Gasteiger partial charge is 0.171 e. The highest BCUT2D eigenvalue weighted by Gasteiger charge is 2.33. The predicted octanol–water partition coefficient (Wildman–Crippen LogP) is 7.31. The molecule has 2 heterocycles. The van der Waals surface area contributed by atoms with Crippen LogP contribution in [0.4, 0.5) is 17.6 Å². The molecule has 0 bridgehead atoms. The van der Waals surface area contributed by atoms with Crippen LogP contribution in [0.5, 0.6) is 0 Å². The number of hydrogen-bond acceptors (Lipinski definition) is 2. The summed E-state index contributed by atoms with van der Waals surface area (Å²) in [6.07, 6.45) is 2.60. The van der Waals surface area contributed by atoms with E-state index in [-0.39, 0.29) is 11.1 Å². The first-order valence-electron chi connectivity index (χ1n) is 11.0. The molecule has 34 heavy (non-hydrogen) atoms. The minimum Gasteiger partial charge on any atom is -0.413 e. The van der Waals surface area contributed by atoms with E-state index in [0.29, 0.717) is 22.5 Å². The molecule has 2 aromatic heterocycles. The van der Waals surface area contributed by atoms with E-state index < -0.39 is 43.8 Å². The largest absolute Gasteiger partial charge is 0.413 e. The fourth-order valence-electron chi connectivity index (χ4n) is 3.96. The van der Waals surface area contributed by atoms with Crippen LogP contribution in [0, 0.1) is 28.7 Å². The van der Waals surface area contributed by atoms with Crippen molar-refractivity contribution in [1.82, 2.24) is 9.38 Å². The minimum atomic E-state index is -1.59. The molecule has 1 atom stereocenters. The summed E-state index contributed by atoms with van der Waals surface area (Å²) in [6.45, 7) is 9.64. The average molecular weight is 487 g/mol. The van der Waals surface area contributed by atoms with Crippen LogP contribution in [-0.2, 0) is 4.43 Å². The van der Waals surface area contributed by atoms with E-state index in [2.05, 4.69) is 4.98 Å². The Morgan fingerprint density at radius 2 is 1.53 bits per heavy atom. The monoisotopic (exact) mass is 486 g/mol. The van der Waals surface area contributed by atoms with Crippen molar-refractivity contribution < 1.29 is 22.0 Å². The van der Waals surface area contributed by atoms with Gasteiger partial charge in [-0.15, -0.1) is 0 Å². The van der Waals surface area contributed by atoms with Gasteiger partial charge in [0, 0.05) is 29.1 Å². The van der Waals surface area contributed by atoms with Gasteiger partial charge in [0.2, 0.25) is 0 Å². The molecule has 0 aliphatic heterocycles. The first-order valence-corrected chi connectivity index (χ1v) is 13.8. The zero-order chi connectivity index (χ0) is 24.8. The van der Waals surface area contributed by atoms with Gasteiger partial charge in [0.25, 0.3) is 0 Å². The average Bonchev–Trinajstić information content (AvgIpc) is 3.17. The molecule has 1 unspecified atom stereocenters. The van der Waals surface area contributed by atoms with E-state index in [0.717, 1.165) is 12.1 Å². The van der Waals surface area contributed by atoms with Gasteiger partial charge >= 0.3 is 0 Å². The first kappa shape index (κ1) is 24.2. The Labute approximate surface area is 197 Å². The number of aromatic nitrogens is 2. The van der Waals surface area contributed by atoms with E-state index >= 15 is 4.39 Å². The molecule has 0 aliphatic rings. The van der Waals surface area contributed by atoms with Crippen molar-refractivity contribution in [1.29, 1.82) is 0 Å². The zero-order valence-corrected chi connectivity index (χ0v) is 20.8. The Bertz CT molecular complexity index is 1360. The van der Waals surface area contributed by atoms with Crippen LogP contribution < -0.4 is 0 Å². The van der Waals surface area contributed by atoms with Crippen LogP contribution >= 0.6 is 0 Å². The minimum absolute atomic E-state index is 0.0700. The van der Waals surface area contributed by atoms with E-state index in [1.54, 1.807) is 28.9 Å². The van der Waals surface area contributed by atoms with Crippen molar-refractivity contribution in [2.24, 2.45) is 5.41 Å². The molecule has 0 radical (unpaired) electrons. The van der Waals surface area contributed by atoms with Crippen LogP contribution in [0.1, 0.15) is 32.4 Å². The molecule has 0 fully saturated rings. The van der Waals surface area contributed by atoms with Gasteiger partial charge in [-0.1, -0.05) is 20.8 Å². The fraction of sp³-hybridized carbons (Fsp3) is 0.269. The molecule has 0 saturated carbocycles. The summed E-state index contributed by atoms with van der Waals surface area (Å²) >= 11 is 0. The van der Waals surface area contributed by atoms with Gasteiger partial charge in [-0.25, -0.2) is 22.5 Å². The van der Waals surface area contributed by atoms with Crippen LogP contribution in [0.15, 0.2) is 54.9 Å². The van der Waals surface area contributed by atoms with Gasteiger partial charge in [-0.05, 0) is 61.0 Å². The summed E-state index contributed by atoms with van der Waals surface area (Å²) in [5.74, 6) is -3.19. The fourth-order valence-corrected chi connectivity index (χ4v) is 5.04. The van der Waals surface area contributed by atoms with Gasteiger partial charge in [0.1, 0.15) is 17.3 Å². The van der Waals surface area contributed by atoms with Crippen molar-refractivity contribution in [3.05, 3.63) is 83.7 Å². The summed E-state index contributed by atoms with van der Waals surface area (Å²) in [5, 5.41) is 0. The van der Waals surface area contributed by atoms with Gasteiger partial charge in [-0.2, -0.15) is 0 Å². The second-order valence-corrected chi connectivity index (χ2v) is 12.1. The molecule has 4 aromatic rings. The molecule has 0 saturated heterocycles. The molecular weight excluding hydrogens is 460 g/mol. The lowest BCUT2D eigenvalue weighted by atomic mass is 9.83. The Morgan fingerprint density at radius 1 is 0.853 bits per heavy atom. The van der Waals surface area contributed by atoms with Crippen molar-refractivity contribution in [2.75, 3.05) is 0 Å². The maximum absolute atomic E-state index is 15.8. The lowest BCUT2D eigenvalue weighted by Gasteiger charge is -2.33. The highest BCUT2D eigenvalue weighted by atomic mass is 28.3. The van der Waals surface area contributed by atoms with Gasteiger partial charge in [0.05, 0.1) is 17.4 Å². The summed E-state index contributed by atoms with van der Waals surface area (Å²) in [5.41, 5.74) is 1.60. The number of nitrogens with zero attached hydrogens (tertiary/aromatic N) is 2. The quantitative estimate of drug-likeness (QED) is 0.218. The molecule has 8 heteroatoms. The summed E-state index contributed by atoms with van der Waals surface area (Å²) < 4.78 is 65.4. The maximum atomic E-state index is 15.8. The van der Waals surface area contributed by atoms with Crippen molar-refractivity contribution in [3.63, 3.8) is 0 Å². The predicted molar refractivity (Wildman–Crippen MR) is 128 cm³/mol. The Morgan fingerprint density at radius 3 is 2.18 bits per heavy atom. The maximum Gasteiger partial charge on any atom is 0.171 e. The molecule has 0 N–H and O–H groups in total. The van der Waals surface area contributed by atoms with E-state index in [1.165, 1.54) is 18.2 Å². The number of halogens is 4. The second kappa shape index (κ2) is 9.00. The number of benzene rings is 2. The van der Waals surface area contributed by atoms with Crippen LogP contribution in [0.2, 0.25) is 13.1 Å². The third-order valence-corrected chi connectivity index (χ3v) is 6.38. The summed E-state index contributed by atoms with van der Waals surface area (Å²) in [7, 11) is -1.59. The molecular formula is C26H26F4N2OSi. The third-order valence-electron chi connectivity index (χ3n) is 5.56. The van der Waals surface area contributed by atoms with Crippen LogP contribution in [0.25, 0.3) is 28.0 Å². The Hall–Kier alpha value is -2.97. The second-order valence-electron chi connectivity index (χ2n) is 9.69. The highest BCUT2D eigenvalue weighted by Crippen LogP contribution is 2.41. The lowest BCUT2D eigenvalue weighted by Crippen LogP contribution is -2.27. The highest BCUT2D eigenvalue weighted by molar-refractivity contribution is 6.48. The molecule has 0 spiro atoms. The third kappa shape index (κ3) is 4.65. The van der Waals surface area contributed by atoms with Crippen LogP contribution in [0.3, 0.4) is 0 Å². The van der Waals surface area contributed by atoms with E-state index in [4.69, 9.17) is 4.43 Å². The van der Waals surface area contributed by atoms with Crippen LogP contribution in [-0.4, -0.2) is 18.4 Å². The Kier molecular flexibility index (Phi) is 6.39. The number of fused-ring (bicyclic) bond motifs is 1. The normalized spacial score (nSPS) is 13.1. The topological polar surface area (TPSA) is 26.5 Å². The van der Waals surface area contributed by atoms with Crippen molar-refractivity contribution >= 4 is 14.7 Å². The lowest BCUT2D eigenvalue weighted by molar-refractivity contribution is 0.0796. The number of pyridine rings is 1. The summed E-state index contributed by atoms with van der Waals surface area (Å²) in [4.78, 5) is 4.44. The number of hydrogen-bond donors (Lipinski definition) is 0. The molecule has 0 amide bonds. The van der Waals surface area contributed by atoms with Crippen molar-refractivity contribution in [3.8, 4) is 22.4 Å². The molecule has 3 nitrogen and oxygen atoms in total.